The molecular formula is C14H21N3O2. The molecule has 1 aromatic rings. The molecule has 1 aliphatic heterocycles. The summed E-state index contributed by atoms with van der Waals surface area (Å²) in [5, 5.41) is 0. The monoisotopic (exact) mass is 263 g/mol. The molecular weight excluding hydrogens is 242 g/mol. The van der Waals surface area contributed by atoms with Crippen LogP contribution in [-0.2, 0) is 4.74 Å². The molecule has 0 radical (unpaired) electrons. The molecule has 1 aromatic carbocycles. The number of nitrogens with zero attached hydrogens (tertiary/aromatic N) is 1. The van der Waals surface area contributed by atoms with E-state index < -0.39 is 0 Å². The molecule has 1 amide bonds. The summed E-state index contributed by atoms with van der Waals surface area (Å²) in [5.41, 5.74) is 12.7. The van der Waals surface area contributed by atoms with Crippen molar-refractivity contribution in [2.75, 3.05) is 24.6 Å². The summed E-state index contributed by atoms with van der Waals surface area (Å²) in [6, 6.07) is 4.99. The van der Waals surface area contributed by atoms with Gasteiger partial charge in [-0.05, 0) is 39.0 Å². The van der Waals surface area contributed by atoms with Crippen molar-refractivity contribution in [3.8, 4) is 0 Å². The molecule has 5 heteroatoms. The maximum Gasteiger partial charge on any atom is 0.256 e. The number of benzene rings is 1. The third kappa shape index (κ3) is 2.98. The second-order valence-corrected chi connectivity index (χ2v) is 5.72. The molecule has 0 bridgehead atoms. The topological polar surface area (TPSA) is 81.6 Å². The number of hydrogen-bond donors (Lipinski definition) is 2. The smallest absolute Gasteiger partial charge is 0.256 e. The predicted molar refractivity (Wildman–Crippen MR) is 75.8 cm³/mol. The summed E-state index contributed by atoms with van der Waals surface area (Å²) in [6.45, 7) is 7.06. The summed E-state index contributed by atoms with van der Waals surface area (Å²) >= 11 is 0. The molecule has 1 aliphatic rings. The van der Waals surface area contributed by atoms with Crippen LogP contribution in [0.1, 0.15) is 31.1 Å². The number of carbonyl (C=O) groups excluding carboxylic acids is 1. The fraction of sp³-hybridized carbons (Fsp3) is 0.500. The molecule has 2 rings (SSSR count). The Kier molecular flexibility index (Phi) is 3.41. The average Bonchev–Trinajstić information content (AvgIpc) is 2.25. The van der Waals surface area contributed by atoms with Crippen molar-refractivity contribution in [3.05, 3.63) is 23.8 Å². The van der Waals surface area contributed by atoms with Gasteiger partial charge < -0.3 is 21.1 Å². The first-order chi connectivity index (χ1) is 8.78. The number of anilines is 2. The van der Waals surface area contributed by atoms with Crippen LogP contribution in [0.25, 0.3) is 0 Å². The van der Waals surface area contributed by atoms with E-state index in [9.17, 15) is 4.79 Å². The zero-order valence-electron chi connectivity index (χ0n) is 11.6. The van der Waals surface area contributed by atoms with E-state index in [1.807, 2.05) is 20.8 Å². The highest BCUT2D eigenvalue weighted by Gasteiger charge is 2.34. The summed E-state index contributed by atoms with van der Waals surface area (Å²) in [4.78, 5) is 14.3. The van der Waals surface area contributed by atoms with Crippen LogP contribution in [0.3, 0.4) is 0 Å². The summed E-state index contributed by atoms with van der Waals surface area (Å²) < 4.78 is 5.79. The molecule has 104 valence electrons. The number of morpholine rings is 1. The normalized spacial score (nSPS) is 22.3. The predicted octanol–water partition coefficient (Wildman–Crippen LogP) is 1.49. The Hall–Kier alpha value is -1.75. The van der Waals surface area contributed by atoms with Crippen LogP contribution in [-0.4, -0.2) is 35.6 Å². The van der Waals surface area contributed by atoms with Crippen LogP contribution in [0.4, 0.5) is 11.4 Å². The number of nitrogen functional groups attached to an aromatic ring is 2. The highest BCUT2D eigenvalue weighted by Crippen LogP contribution is 2.24. The molecule has 4 N–H and O–H groups in total. The van der Waals surface area contributed by atoms with Gasteiger partial charge >= 0.3 is 0 Å². The van der Waals surface area contributed by atoms with E-state index in [1.54, 1.807) is 23.1 Å². The Morgan fingerprint density at radius 2 is 2.11 bits per heavy atom. The highest BCUT2D eigenvalue weighted by molar-refractivity contribution is 5.99. The van der Waals surface area contributed by atoms with Crippen LogP contribution in [0.15, 0.2) is 18.2 Å². The minimum atomic E-state index is -0.337. The average molecular weight is 263 g/mol. The Balaban J connectivity index is 2.24. The first kappa shape index (κ1) is 13.7. The number of hydrogen-bond acceptors (Lipinski definition) is 4. The van der Waals surface area contributed by atoms with E-state index in [0.717, 1.165) is 0 Å². The van der Waals surface area contributed by atoms with Gasteiger partial charge in [0.25, 0.3) is 5.91 Å². The van der Waals surface area contributed by atoms with Crippen molar-refractivity contribution >= 4 is 17.3 Å². The Labute approximate surface area is 113 Å². The fourth-order valence-electron chi connectivity index (χ4n) is 2.55. The van der Waals surface area contributed by atoms with Crippen molar-refractivity contribution in [1.82, 2.24) is 4.90 Å². The van der Waals surface area contributed by atoms with Crippen LogP contribution >= 0.6 is 0 Å². The van der Waals surface area contributed by atoms with Gasteiger partial charge in [0.2, 0.25) is 0 Å². The van der Waals surface area contributed by atoms with E-state index in [1.165, 1.54) is 0 Å². The van der Waals surface area contributed by atoms with Gasteiger partial charge in [-0.3, -0.25) is 4.79 Å². The maximum atomic E-state index is 12.5. The second kappa shape index (κ2) is 4.74. The van der Waals surface area contributed by atoms with Crippen LogP contribution in [0.2, 0.25) is 0 Å². The van der Waals surface area contributed by atoms with Gasteiger partial charge in [-0.25, -0.2) is 0 Å². The first-order valence-electron chi connectivity index (χ1n) is 6.40. The number of amides is 1. The fourth-order valence-corrected chi connectivity index (χ4v) is 2.55. The maximum absolute atomic E-state index is 12.5. The quantitative estimate of drug-likeness (QED) is 0.752. The second-order valence-electron chi connectivity index (χ2n) is 5.72. The number of rotatable bonds is 1. The lowest BCUT2D eigenvalue weighted by atomic mass is 10.0. The largest absolute Gasteiger partial charge is 0.399 e. The lowest BCUT2D eigenvalue weighted by molar-refractivity contribution is -0.118. The molecule has 19 heavy (non-hydrogen) atoms. The molecule has 1 atom stereocenters. The SMILES string of the molecule is CC1CN(C(=O)c2ccc(N)cc2N)CC(C)(C)O1. The van der Waals surface area contributed by atoms with E-state index >= 15 is 0 Å². The third-order valence-corrected chi connectivity index (χ3v) is 3.16. The highest BCUT2D eigenvalue weighted by atomic mass is 16.5. The van der Waals surface area contributed by atoms with E-state index in [2.05, 4.69) is 0 Å². The van der Waals surface area contributed by atoms with Gasteiger partial charge in [0.15, 0.2) is 0 Å². The molecule has 1 fully saturated rings. The van der Waals surface area contributed by atoms with Crippen LogP contribution in [0.5, 0.6) is 0 Å². The van der Waals surface area contributed by atoms with Gasteiger partial charge in [-0.2, -0.15) is 0 Å². The van der Waals surface area contributed by atoms with Crippen molar-refractivity contribution in [2.24, 2.45) is 0 Å². The Morgan fingerprint density at radius 1 is 1.42 bits per heavy atom. The number of nitrogens with two attached hydrogens (primary N) is 2. The molecule has 0 aliphatic carbocycles. The molecule has 1 saturated heterocycles. The number of carbonyl (C=O) groups is 1. The van der Waals surface area contributed by atoms with Crippen LogP contribution in [0, 0.1) is 0 Å². The van der Waals surface area contributed by atoms with E-state index in [4.69, 9.17) is 16.2 Å². The zero-order valence-corrected chi connectivity index (χ0v) is 11.6. The first-order valence-corrected chi connectivity index (χ1v) is 6.40. The minimum Gasteiger partial charge on any atom is -0.399 e. The molecule has 1 unspecified atom stereocenters. The summed E-state index contributed by atoms with van der Waals surface area (Å²) in [7, 11) is 0. The number of ether oxygens (including phenoxy) is 1. The molecule has 1 heterocycles. The van der Waals surface area contributed by atoms with Crippen molar-refractivity contribution < 1.29 is 9.53 Å². The Morgan fingerprint density at radius 3 is 2.68 bits per heavy atom. The summed E-state index contributed by atoms with van der Waals surface area (Å²) in [5.74, 6) is -0.0688. The van der Waals surface area contributed by atoms with Gasteiger partial charge in [-0.15, -0.1) is 0 Å². The van der Waals surface area contributed by atoms with Crippen LogP contribution < -0.4 is 11.5 Å². The third-order valence-electron chi connectivity index (χ3n) is 3.16. The lowest BCUT2D eigenvalue weighted by Crippen LogP contribution is -2.53. The zero-order chi connectivity index (χ0) is 14.2. The molecule has 0 saturated carbocycles. The summed E-state index contributed by atoms with van der Waals surface area (Å²) in [6.07, 6.45) is 0.0164. The van der Waals surface area contributed by atoms with Gasteiger partial charge in [-0.1, -0.05) is 0 Å². The van der Waals surface area contributed by atoms with Crippen molar-refractivity contribution in [1.29, 1.82) is 0 Å². The molecule has 0 aromatic heterocycles. The van der Waals surface area contributed by atoms with E-state index in [-0.39, 0.29) is 17.6 Å². The standard InChI is InChI=1S/C14H21N3O2/c1-9-7-17(8-14(2,3)19-9)13(18)11-5-4-10(15)6-12(11)16/h4-6,9H,7-8,15-16H2,1-3H3. The molecule has 0 spiro atoms. The van der Waals surface area contributed by atoms with Gasteiger partial charge in [0.05, 0.1) is 17.3 Å². The van der Waals surface area contributed by atoms with Crippen molar-refractivity contribution in [3.63, 3.8) is 0 Å². The van der Waals surface area contributed by atoms with Gasteiger partial charge in [0, 0.05) is 24.5 Å². The van der Waals surface area contributed by atoms with E-state index in [0.29, 0.717) is 30.0 Å². The van der Waals surface area contributed by atoms with Crippen molar-refractivity contribution in [2.45, 2.75) is 32.5 Å². The minimum absolute atomic E-state index is 0.0164. The lowest BCUT2D eigenvalue weighted by Gasteiger charge is -2.41. The van der Waals surface area contributed by atoms with Gasteiger partial charge in [0.1, 0.15) is 0 Å². The Bertz CT molecular complexity index is 499. The molecule has 5 nitrogen and oxygen atoms in total.